The number of ether oxygens (including phenoxy) is 1. The molecule has 0 aliphatic heterocycles. The Hall–Kier alpha value is -1.01. The normalized spacial score (nSPS) is 26.7. The summed E-state index contributed by atoms with van der Waals surface area (Å²) in [7, 11) is 0. The van der Waals surface area contributed by atoms with Crippen molar-refractivity contribution in [1.82, 2.24) is 0 Å². The molecule has 2 nitrogen and oxygen atoms in total. The van der Waals surface area contributed by atoms with Crippen LogP contribution in [-0.4, -0.2) is 6.10 Å². The number of nitrogens with zero attached hydrogens (tertiary/aromatic N) is 1. The van der Waals surface area contributed by atoms with E-state index < -0.39 is 0 Å². The molecule has 2 rings (SSSR count). The zero-order valence-corrected chi connectivity index (χ0v) is 12.9. The minimum absolute atomic E-state index is 0.0280. The molecule has 0 N–H and O–H groups in total. The molecule has 1 saturated carbocycles. The van der Waals surface area contributed by atoms with Gasteiger partial charge in [-0.25, -0.2) is 0 Å². The van der Waals surface area contributed by atoms with Gasteiger partial charge in [-0.1, -0.05) is 31.9 Å². The Balaban J connectivity index is 2.07. The summed E-state index contributed by atoms with van der Waals surface area (Å²) in [6.45, 7) is 2.22. The average Bonchev–Trinajstić information content (AvgIpc) is 2.42. The van der Waals surface area contributed by atoms with Gasteiger partial charge in [-0.3, -0.25) is 0 Å². The number of hydrogen-bond donors (Lipinski definition) is 0. The van der Waals surface area contributed by atoms with E-state index in [1.807, 2.05) is 24.3 Å². The quantitative estimate of drug-likeness (QED) is 0.787. The maximum Gasteiger partial charge on any atom is 0.133 e. The van der Waals surface area contributed by atoms with E-state index in [9.17, 15) is 5.26 Å². The second-order valence-corrected chi connectivity index (χ2v) is 6.14. The van der Waals surface area contributed by atoms with E-state index in [4.69, 9.17) is 4.74 Å². The predicted octanol–water partition coefficient (Wildman–Crippen LogP) is 4.94. The Morgan fingerprint density at radius 1 is 1.37 bits per heavy atom. The molecule has 0 bridgehead atoms. The van der Waals surface area contributed by atoms with Gasteiger partial charge in [-0.05, 0) is 53.2 Å². The van der Waals surface area contributed by atoms with E-state index in [0.717, 1.165) is 23.1 Å². The average molecular weight is 322 g/mol. The van der Waals surface area contributed by atoms with Gasteiger partial charge in [-0.15, -0.1) is 0 Å². The lowest BCUT2D eigenvalue weighted by atomic mass is 9.78. The van der Waals surface area contributed by atoms with Crippen molar-refractivity contribution in [2.24, 2.45) is 11.8 Å². The van der Waals surface area contributed by atoms with Gasteiger partial charge in [0.15, 0.2) is 0 Å². The van der Waals surface area contributed by atoms with Crippen molar-refractivity contribution in [3.8, 4) is 11.8 Å². The van der Waals surface area contributed by atoms with Crippen molar-refractivity contribution in [3.63, 3.8) is 0 Å². The first-order chi connectivity index (χ1) is 9.24. The first-order valence-electron chi connectivity index (χ1n) is 7.05. The van der Waals surface area contributed by atoms with Crippen LogP contribution in [0.3, 0.4) is 0 Å². The lowest BCUT2D eigenvalue weighted by molar-refractivity contribution is 0.0868. The second-order valence-electron chi connectivity index (χ2n) is 5.29. The SMILES string of the molecule is CCCC1CCC(C#N)C(Oc2ccccc2Br)C1. The minimum atomic E-state index is 0.0280. The number of nitriles is 1. The van der Waals surface area contributed by atoms with Crippen LogP contribution in [-0.2, 0) is 0 Å². The monoisotopic (exact) mass is 321 g/mol. The molecule has 19 heavy (non-hydrogen) atoms. The molecule has 0 amide bonds. The molecule has 1 aliphatic rings. The summed E-state index contributed by atoms with van der Waals surface area (Å²) in [6, 6.07) is 10.3. The molecule has 0 saturated heterocycles. The molecule has 1 aliphatic carbocycles. The molecule has 3 atom stereocenters. The molecule has 1 fully saturated rings. The Bertz CT molecular complexity index is 454. The van der Waals surface area contributed by atoms with Crippen molar-refractivity contribution < 1.29 is 4.74 Å². The van der Waals surface area contributed by atoms with Crippen LogP contribution < -0.4 is 4.74 Å². The van der Waals surface area contributed by atoms with Crippen LogP contribution in [0.5, 0.6) is 5.75 Å². The molecule has 3 heteroatoms. The van der Waals surface area contributed by atoms with E-state index in [1.54, 1.807) is 0 Å². The van der Waals surface area contributed by atoms with Crippen molar-refractivity contribution in [3.05, 3.63) is 28.7 Å². The summed E-state index contributed by atoms with van der Waals surface area (Å²) in [5.74, 6) is 1.59. The van der Waals surface area contributed by atoms with Gasteiger partial charge in [0.05, 0.1) is 16.5 Å². The van der Waals surface area contributed by atoms with Crippen LogP contribution in [0.1, 0.15) is 39.0 Å². The molecule has 102 valence electrons. The number of hydrogen-bond acceptors (Lipinski definition) is 2. The zero-order valence-electron chi connectivity index (χ0n) is 11.3. The van der Waals surface area contributed by atoms with Gasteiger partial charge in [0.1, 0.15) is 11.9 Å². The summed E-state index contributed by atoms with van der Waals surface area (Å²) in [5, 5.41) is 9.28. The molecule has 0 radical (unpaired) electrons. The highest BCUT2D eigenvalue weighted by atomic mass is 79.9. The Morgan fingerprint density at radius 2 is 2.16 bits per heavy atom. The Labute approximate surface area is 123 Å². The van der Waals surface area contributed by atoms with Crippen LogP contribution in [0.4, 0.5) is 0 Å². The van der Waals surface area contributed by atoms with Gasteiger partial charge in [0, 0.05) is 0 Å². The molecule has 3 unspecified atom stereocenters. The molecule has 0 aromatic heterocycles. The fourth-order valence-corrected chi connectivity index (χ4v) is 3.24. The van der Waals surface area contributed by atoms with Crippen LogP contribution >= 0.6 is 15.9 Å². The van der Waals surface area contributed by atoms with Gasteiger partial charge in [-0.2, -0.15) is 5.26 Å². The van der Waals surface area contributed by atoms with Gasteiger partial charge in [0.2, 0.25) is 0 Å². The van der Waals surface area contributed by atoms with Crippen LogP contribution in [0.15, 0.2) is 28.7 Å². The standard InChI is InChI=1S/C16H20BrNO/c1-2-5-12-8-9-13(11-18)16(10-12)19-15-7-4-3-6-14(15)17/h3-4,6-7,12-13,16H,2,5,8-10H2,1H3. The summed E-state index contributed by atoms with van der Waals surface area (Å²) in [6.07, 6.45) is 5.64. The van der Waals surface area contributed by atoms with Gasteiger partial charge < -0.3 is 4.74 Å². The first kappa shape index (κ1) is 14.4. The lowest BCUT2D eigenvalue weighted by Crippen LogP contribution is -2.33. The van der Waals surface area contributed by atoms with Crippen molar-refractivity contribution in [2.75, 3.05) is 0 Å². The third-order valence-electron chi connectivity index (χ3n) is 3.88. The maximum absolute atomic E-state index is 9.28. The summed E-state index contributed by atoms with van der Waals surface area (Å²) >= 11 is 3.50. The lowest BCUT2D eigenvalue weighted by Gasteiger charge is -2.33. The molecular weight excluding hydrogens is 302 g/mol. The van der Waals surface area contributed by atoms with E-state index in [-0.39, 0.29) is 12.0 Å². The zero-order chi connectivity index (χ0) is 13.7. The smallest absolute Gasteiger partial charge is 0.133 e. The van der Waals surface area contributed by atoms with Crippen LogP contribution in [0, 0.1) is 23.2 Å². The second kappa shape index (κ2) is 6.96. The number of rotatable bonds is 4. The van der Waals surface area contributed by atoms with Gasteiger partial charge in [0.25, 0.3) is 0 Å². The highest BCUT2D eigenvalue weighted by molar-refractivity contribution is 9.10. The highest BCUT2D eigenvalue weighted by Crippen LogP contribution is 2.35. The van der Waals surface area contributed by atoms with E-state index in [0.29, 0.717) is 5.92 Å². The third-order valence-corrected chi connectivity index (χ3v) is 4.53. The largest absolute Gasteiger partial charge is 0.488 e. The molecule has 1 aromatic carbocycles. The Morgan fingerprint density at radius 3 is 2.84 bits per heavy atom. The van der Waals surface area contributed by atoms with E-state index >= 15 is 0 Å². The van der Waals surface area contributed by atoms with Crippen LogP contribution in [0.2, 0.25) is 0 Å². The predicted molar refractivity (Wildman–Crippen MR) is 79.9 cm³/mol. The minimum Gasteiger partial charge on any atom is -0.488 e. The molecule has 0 heterocycles. The summed E-state index contributed by atoms with van der Waals surface area (Å²) < 4.78 is 7.06. The summed E-state index contributed by atoms with van der Waals surface area (Å²) in [5.41, 5.74) is 0. The van der Waals surface area contributed by atoms with Crippen LogP contribution in [0.25, 0.3) is 0 Å². The molecule has 0 spiro atoms. The topological polar surface area (TPSA) is 33.0 Å². The van der Waals surface area contributed by atoms with Crippen molar-refractivity contribution in [2.45, 2.75) is 45.1 Å². The first-order valence-corrected chi connectivity index (χ1v) is 7.84. The van der Waals surface area contributed by atoms with E-state index in [2.05, 4.69) is 28.9 Å². The molecule has 1 aromatic rings. The van der Waals surface area contributed by atoms with E-state index in [1.165, 1.54) is 19.3 Å². The number of halogens is 1. The number of benzene rings is 1. The fourth-order valence-electron chi connectivity index (χ4n) is 2.86. The fraction of sp³-hybridized carbons (Fsp3) is 0.562. The highest BCUT2D eigenvalue weighted by Gasteiger charge is 2.32. The Kier molecular flexibility index (Phi) is 5.27. The van der Waals surface area contributed by atoms with Gasteiger partial charge >= 0.3 is 0 Å². The molecular formula is C16H20BrNO. The summed E-state index contributed by atoms with van der Waals surface area (Å²) in [4.78, 5) is 0. The number of para-hydroxylation sites is 1. The van der Waals surface area contributed by atoms with Crippen molar-refractivity contribution in [1.29, 1.82) is 5.26 Å². The third kappa shape index (κ3) is 3.73. The van der Waals surface area contributed by atoms with Crippen molar-refractivity contribution >= 4 is 15.9 Å². The maximum atomic E-state index is 9.28.